The molecule has 1 amide bonds. The molecule has 0 fully saturated rings. The number of aromatic nitrogens is 1. The highest BCUT2D eigenvalue weighted by Crippen LogP contribution is 2.25. The van der Waals surface area contributed by atoms with Gasteiger partial charge in [0.2, 0.25) is 5.91 Å². The van der Waals surface area contributed by atoms with Crippen molar-refractivity contribution in [3.63, 3.8) is 0 Å². The highest BCUT2D eigenvalue weighted by atomic mass is 32.1. The van der Waals surface area contributed by atoms with Crippen LogP contribution in [0, 0.1) is 0 Å². The first-order chi connectivity index (χ1) is 12.2. The summed E-state index contributed by atoms with van der Waals surface area (Å²) in [5, 5.41) is 8.63. The fraction of sp³-hybridized carbons (Fsp3) is 0.167. The predicted octanol–water partition coefficient (Wildman–Crippen LogP) is 3.76. The molecule has 0 aliphatic rings. The van der Waals surface area contributed by atoms with Gasteiger partial charge < -0.3 is 14.6 Å². The summed E-state index contributed by atoms with van der Waals surface area (Å²) in [5.41, 5.74) is 1.60. The summed E-state index contributed by atoms with van der Waals surface area (Å²) in [6, 6.07) is 12.1. The Bertz CT molecular complexity index is 854. The molecule has 7 heteroatoms. The average molecular weight is 356 g/mol. The normalized spacial score (nSPS) is 10.4. The highest BCUT2D eigenvalue weighted by molar-refractivity contribution is 7.13. The van der Waals surface area contributed by atoms with Gasteiger partial charge in [-0.2, -0.15) is 0 Å². The van der Waals surface area contributed by atoms with Crippen LogP contribution in [0.4, 0.5) is 5.69 Å². The number of thiophene rings is 1. The number of nitrogens with zero attached hydrogens (tertiary/aromatic N) is 1. The molecule has 0 saturated carbocycles. The Hall–Kier alpha value is -2.93. The van der Waals surface area contributed by atoms with Gasteiger partial charge in [-0.25, -0.2) is 4.79 Å². The monoisotopic (exact) mass is 356 g/mol. The molecule has 0 radical (unpaired) electrons. The fourth-order valence-electron chi connectivity index (χ4n) is 2.20. The summed E-state index contributed by atoms with van der Waals surface area (Å²) in [5.74, 6) is 0.0515. The number of anilines is 1. The quantitative estimate of drug-likeness (QED) is 0.680. The molecule has 2 heterocycles. The smallest absolute Gasteiger partial charge is 0.338 e. The molecule has 128 valence electrons. The third kappa shape index (κ3) is 4.33. The maximum atomic E-state index is 12.1. The minimum atomic E-state index is -0.385. The number of hydrogen-bond donors (Lipinski definition) is 1. The SMILES string of the molecule is CCOC(=O)c1ccc(NC(=O)Cc2cc(-c3cccs3)on2)cc1. The van der Waals surface area contributed by atoms with E-state index in [1.165, 1.54) is 0 Å². The van der Waals surface area contributed by atoms with Gasteiger partial charge in [0.1, 0.15) is 0 Å². The summed E-state index contributed by atoms with van der Waals surface area (Å²) in [7, 11) is 0. The Kier molecular flexibility index (Phi) is 5.25. The van der Waals surface area contributed by atoms with Crippen LogP contribution in [0.15, 0.2) is 52.4 Å². The van der Waals surface area contributed by atoms with Crippen molar-refractivity contribution in [2.24, 2.45) is 0 Å². The van der Waals surface area contributed by atoms with E-state index in [0.717, 1.165) is 4.88 Å². The Morgan fingerprint density at radius 3 is 2.72 bits per heavy atom. The number of benzene rings is 1. The second-order valence-corrected chi connectivity index (χ2v) is 6.13. The number of rotatable bonds is 6. The zero-order valence-corrected chi connectivity index (χ0v) is 14.3. The Morgan fingerprint density at radius 1 is 1.24 bits per heavy atom. The summed E-state index contributed by atoms with van der Waals surface area (Å²) in [6.45, 7) is 2.07. The van der Waals surface area contributed by atoms with Gasteiger partial charge in [0.15, 0.2) is 5.76 Å². The molecule has 3 rings (SSSR count). The van der Waals surface area contributed by atoms with Crippen molar-refractivity contribution in [1.29, 1.82) is 0 Å². The molecular weight excluding hydrogens is 340 g/mol. The number of carbonyl (C=O) groups is 2. The van der Waals surface area contributed by atoms with E-state index >= 15 is 0 Å². The van der Waals surface area contributed by atoms with Gasteiger partial charge in [0, 0.05) is 11.8 Å². The standard InChI is InChI=1S/C18H16N2O4S/c1-2-23-18(22)12-5-7-13(8-6-12)19-17(21)11-14-10-15(24-20-14)16-4-3-9-25-16/h3-10H,2,11H2,1H3,(H,19,21). The van der Waals surface area contributed by atoms with E-state index in [1.54, 1.807) is 48.6 Å². The predicted molar refractivity (Wildman–Crippen MR) is 94.5 cm³/mol. The summed E-state index contributed by atoms with van der Waals surface area (Å²) in [6.07, 6.45) is 0.106. The molecular formula is C18H16N2O4S. The van der Waals surface area contributed by atoms with E-state index in [-0.39, 0.29) is 18.3 Å². The third-order valence-electron chi connectivity index (χ3n) is 3.34. The van der Waals surface area contributed by atoms with Gasteiger partial charge in [-0.05, 0) is 42.6 Å². The molecule has 1 aromatic carbocycles. The lowest BCUT2D eigenvalue weighted by molar-refractivity contribution is -0.115. The summed E-state index contributed by atoms with van der Waals surface area (Å²) < 4.78 is 10.2. The van der Waals surface area contributed by atoms with Crippen molar-refractivity contribution in [1.82, 2.24) is 5.16 Å². The van der Waals surface area contributed by atoms with Crippen LogP contribution in [0.1, 0.15) is 23.0 Å². The number of nitrogens with one attached hydrogen (secondary N) is 1. The van der Waals surface area contributed by atoms with E-state index in [0.29, 0.717) is 29.3 Å². The minimum Gasteiger partial charge on any atom is -0.462 e. The van der Waals surface area contributed by atoms with Crippen LogP contribution < -0.4 is 5.32 Å². The molecule has 0 atom stereocenters. The van der Waals surface area contributed by atoms with E-state index in [1.807, 2.05) is 17.5 Å². The lowest BCUT2D eigenvalue weighted by Gasteiger charge is -2.05. The number of amides is 1. The Labute approximate surface area is 148 Å². The average Bonchev–Trinajstić information content (AvgIpc) is 3.27. The Morgan fingerprint density at radius 2 is 2.04 bits per heavy atom. The van der Waals surface area contributed by atoms with E-state index in [2.05, 4.69) is 10.5 Å². The van der Waals surface area contributed by atoms with Crippen LogP contribution in [-0.2, 0) is 16.0 Å². The lowest BCUT2D eigenvalue weighted by atomic mass is 10.2. The summed E-state index contributed by atoms with van der Waals surface area (Å²) in [4.78, 5) is 24.7. The van der Waals surface area contributed by atoms with Crippen molar-refractivity contribution in [2.45, 2.75) is 13.3 Å². The van der Waals surface area contributed by atoms with Crippen molar-refractivity contribution in [2.75, 3.05) is 11.9 Å². The van der Waals surface area contributed by atoms with Crippen LogP contribution >= 0.6 is 11.3 Å². The first-order valence-corrected chi connectivity index (χ1v) is 8.60. The van der Waals surface area contributed by atoms with Crippen molar-refractivity contribution >= 4 is 28.9 Å². The number of esters is 1. The highest BCUT2D eigenvalue weighted by Gasteiger charge is 2.12. The molecule has 0 saturated heterocycles. The zero-order chi connectivity index (χ0) is 17.6. The molecule has 0 unspecified atom stereocenters. The van der Waals surface area contributed by atoms with Crippen LogP contribution in [0.5, 0.6) is 0 Å². The van der Waals surface area contributed by atoms with Gasteiger partial charge in [-0.15, -0.1) is 11.3 Å². The fourth-order valence-corrected chi connectivity index (χ4v) is 2.88. The number of carbonyl (C=O) groups excluding carboxylic acids is 2. The van der Waals surface area contributed by atoms with Gasteiger partial charge >= 0.3 is 5.97 Å². The second kappa shape index (κ2) is 7.76. The van der Waals surface area contributed by atoms with E-state index in [4.69, 9.17) is 9.26 Å². The van der Waals surface area contributed by atoms with Crippen LogP contribution in [0.3, 0.4) is 0 Å². The number of hydrogen-bond acceptors (Lipinski definition) is 6. The van der Waals surface area contributed by atoms with Crippen LogP contribution in [0.2, 0.25) is 0 Å². The molecule has 6 nitrogen and oxygen atoms in total. The van der Waals surface area contributed by atoms with Crippen LogP contribution in [-0.4, -0.2) is 23.6 Å². The summed E-state index contributed by atoms with van der Waals surface area (Å²) >= 11 is 1.55. The Balaban J connectivity index is 1.58. The maximum absolute atomic E-state index is 12.1. The lowest BCUT2D eigenvalue weighted by Crippen LogP contribution is -2.14. The molecule has 3 aromatic rings. The topological polar surface area (TPSA) is 81.4 Å². The number of ether oxygens (including phenoxy) is 1. The third-order valence-corrected chi connectivity index (χ3v) is 4.23. The molecule has 0 bridgehead atoms. The minimum absolute atomic E-state index is 0.106. The van der Waals surface area contributed by atoms with Crippen molar-refractivity contribution in [3.05, 3.63) is 59.1 Å². The molecule has 2 aromatic heterocycles. The van der Waals surface area contributed by atoms with Gasteiger partial charge in [0.25, 0.3) is 0 Å². The first-order valence-electron chi connectivity index (χ1n) is 7.72. The van der Waals surface area contributed by atoms with Gasteiger partial charge in [0.05, 0.1) is 29.2 Å². The van der Waals surface area contributed by atoms with E-state index < -0.39 is 0 Å². The first kappa shape index (κ1) is 16.9. The van der Waals surface area contributed by atoms with E-state index in [9.17, 15) is 9.59 Å². The van der Waals surface area contributed by atoms with Gasteiger partial charge in [-0.3, -0.25) is 4.79 Å². The largest absolute Gasteiger partial charge is 0.462 e. The van der Waals surface area contributed by atoms with Gasteiger partial charge in [-0.1, -0.05) is 11.2 Å². The molecule has 0 aliphatic heterocycles. The zero-order valence-electron chi connectivity index (χ0n) is 13.5. The van der Waals surface area contributed by atoms with Crippen molar-refractivity contribution < 1.29 is 18.8 Å². The second-order valence-electron chi connectivity index (χ2n) is 5.18. The maximum Gasteiger partial charge on any atom is 0.338 e. The van der Waals surface area contributed by atoms with Crippen molar-refractivity contribution in [3.8, 4) is 10.6 Å². The molecule has 0 spiro atoms. The molecule has 25 heavy (non-hydrogen) atoms. The van der Waals surface area contributed by atoms with Crippen LogP contribution in [0.25, 0.3) is 10.6 Å². The molecule has 0 aliphatic carbocycles. The molecule has 1 N–H and O–H groups in total.